The number of amides is 1. The van der Waals surface area contributed by atoms with Crippen LogP contribution in [0, 0.1) is 0 Å². The Hall–Kier alpha value is -2.41. The number of carbonyl (C=O) groups excluding carboxylic acids is 1. The average molecular weight is 369 g/mol. The molecule has 1 saturated carbocycles. The van der Waals surface area contributed by atoms with Gasteiger partial charge in [0.15, 0.2) is 5.69 Å². The molecule has 1 N–H and O–H groups in total. The molecule has 1 saturated heterocycles. The Kier molecular flexibility index (Phi) is 5.38. The normalized spacial score (nSPS) is 18.5. The van der Waals surface area contributed by atoms with Gasteiger partial charge >= 0.3 is 0 Å². The fraction of sp³-hybridized carbons (Fsp3) is 0.550. The van der Waals surface area contributed by atoms with Crippen molar-refractivity contribution in [2.45, 2.75) is 38.0 Å². The second-order valence-corrected chi connectivity index (χ2v) is 7.38. The smallest absolute Gasteiger partial charge is 0.278 e. The lowest BCUT2D eigenvalue weighted by atomic mass is 9.87. The maximum Gasteiger partial charge on any atom is 0.278 e. The highest BCUT2D eigenvalue weighted by Gasteiger charge is 2.22. The van der Waals surface area contributed by atoms with Crippen molar-refractivity contribution < 1.29 is 9.53 Å². The second kappa shape index (κ2) is 8.08. The molecule has 2 aromatic rings. The van der Waals surface area contributed by atoms with Gasteiger partial charge < -0.3 is 14.5 Å². The summed E-state index contributed by atoms with van der Waals surface area (Å²) in [6, 6.07) is 5.82. The SMILES string of the molecule is CN(C(=O)c1cc(C2CCCCC2)[nH]n1)c1ccc(N2CCOCC2)nc1. The van der Waals surface area contributed by atoms with Crippen LogP contribution in [0.2, 0.25) is 0 Å². The Balaban J connectivity index is 1.43. The predicted octanol–water partition coefficient (Wildman–Crippen LogP) is 2.97. The monoisotopic (exact) mass is 369 g/mol. The molecule has 3 heterocycles. The van der Waals surface area contributed by atoms with Crippen LogP contribution in [0.3, 0.4) is 0 Å². The molecule has 1 aliphatic carbocycles. The summed E-state index contributed by atoms with van der Waals surface area (Å²) in [5, 5.41) is 7.35. The highest BCUT2D eigenvalue weighted by atomic mass is 16.5. The molecule has 4 rings (SSSR count). The van der Waals surface area contributed by atoms with Crippen LogP contribution < -0.4 is 9.80 Å². The lowest BCUT2D eigenvalue weighted by molar-refractivity contribution is 0.0988. The number of ether oxygens (including phenoxy) is 1. The van der Waals surface area contributed by atoms with Crippen LogP contribution >= 0.6 is 0 Å². The van der Waals surface area contributed by atoms with E-state index in [4.69, 9.17) is 4.74 Å². The Morgan fingerprint density at radius 2 is 2.00 bits per heavy atom. The average Bonchev–Trinajstić information content (AvgIpc) is 3.24. The predicted molar refractivity (Wildman–Crippen MR) is 104 cm³/mol. The molecule has 7 nitrogen and oxygen atoms in total. The van der Waals surface area contributed by atoms with Crippen LogP contribution in [-0.2, 0) is 4.74 Å². The summed E-state index contributed by atoms with van der Waals surface area (Å²) in [5.74, 6) is 1.31. The van der Waals surface area contributed by atoms with Crippen LogP contribution in [0.1, 0.15) is 54.2 Å². The topological polar surface area (TPSA) is 74.4 Å². The van der Waals surface area contributed by atoms with E-state index < -0.39 is 0 Å². The molecular formula is C20H27N5O2. The number of nitrogens with one attached hydrogen (secondary N) is 1. The van der Waals surface area contributed by atoms with Gasteiger partial charge in [0, 0.05) is 31.7 Å². The first kappa shape index (κ1) is 18.0. The van der Waals surface area contributed by atoms with Gasteiger partial charge in [-0.15, -0.1) is 0 Å². The minimum absolute atomic E-state index is 0.116. The fourth-order valence-electron chi connectivity index (χ4n) is 3.91. The molecule has 2 fully saturated rings. The summed E-state index contributed by atoms with van der Waals surface area (Å²) >= 11 is 0. The van der Waals surface area contributed by atoms with E-state index in [0.717, 1.165) is 43.5 Å². The number of carbonyl (C=O) groups is 1. The Labute approximate surface area is 159 Å². The van der Waals surface area contributed by atoms with E-state index in [2.05, 4.69) is 20.1 Å². The van der Waals surface area contributed by atoms with Crippen molar-refractivity contribution in [2.24, 2.45) is 0 Å². The Morgan fingerprint density at radius 1 is 1.22 bits per heavy atom. The van der Waals surface area contributed by atoms with Crippen LogP contribution in [0.4, 0.5) is 11.5 Å². The zero-order chi connectivity index (χ0) is 18.6. The quantitative estimate of drug-likeness (QED) is 0.897. The lowest BCUT2D eigenvalue weighted by Gasteiger charge is -2.28. The third-order valence-electron chi connectivity index (χ3n) is 5.62. The molecule has 0 bridgehead atoms. The van der Waals surface area contributed by atoms with Gasteiger partial charge in [0.25, 0.3) is 5.91 Å². The summed E-state index contributed by atoms with van der Waals surface area (Å²) in [6.07, 6.45) is 7.93. The van der Waals surface area contributed by atoms with Gasteiger partial charge in [-0.05, 0) is 31.0 Å². The molecular weight excluding hydrogens is 342 g/mol. The molecule has 2 aromatic heterocycles. The number of H-pyrrole nitrogens is 1. The van der Waals surface area contributed by atoms with E-state index in [1.807, 2.05) is 18.2 Å². The van der Waals surface area contributed by atoms with Crippen molar-refractivity contribution >= 4 is 17.4 Å². The minimum Gasteiger partial charge on any atom is -0.378 e. The summed E-state index contributed by atoms with van der Waals surface area (Å²) in [4.78, 5) is 21.1. The minimum atomic E-state index is -0.116. The van der Waals surface area contributed by atoms with E-state index in [9.17, 15) is 4.79 Å². The number of hydrogen-bond donors (Lipinski definition) is 1. The van der Waals surface area contributed by atoms with E-state index in [1.165, 1.54) is 32.1 Å². The molecule has 144 valence electrons. The van der Waals surface area contributed by atoms with Gasteiger partial charge in [-0.2, -0.15) is 5.10 Å². The van der Waals surface area contributed by atoms with Crippen molar-refractivity contribution in [3.8, 4) is 0 Å². The summed E-state index contributed by atoms with van der Waals surface area (Å²) in [5.41, 5.74) is 2.32. The fourth-order valence-corrected chi connectivity index (χ4v) is 3.91. The number of pyridine rings is 1. The maximum absolute atomic E-state index is 12.8. The number of morpholine rings is 1. The maximum atomic E-state index is 12.8. The van der Waals surface area contributed by atoms with Crippen molar-refractivity contribution in [3.63, 3.8) is 0 Å². The van der Waals surface area contributed by atoms with E-state index in [0.29, 0.717) is 11.6 Å². The van der Waals surface area contributed by atoms with Crippen LogP contribution in [0.5, 0.6) is 0 Å². The number of aromatic amines is 1. The number of aromatic nitrogens is 3. The van der Waals surface area contributed by atoms with Crippen LogP contribution in [0.15, 0.2) is 24.4 Å². The molecule has 0 spiro atoms. The third kappa shape index (κ3) is 3.98. The highest BCUT2D eigenvalue weighted by Crippen LogP contribution is 2.32. The first-order valence-corrected chi connectivity index (χ1v) is 9.84. The van der Waals surface area contributed by atoms with Crippen LogP contribution in [0.25, 0.3) is 0 Å². The number of hydrogen-bond acceptors (Lipinski definition) is 5. The largest absolute Gasteiger partial charge is 0.378 e. The summed E-state index contributed by atoms with van der Waals surface area (Å²) in [6.45, 7) is 3.14. The van der Waals surface area contributed by atoms with Gasteiger partial charge in [-0.1, -0.05) is 19.3 Å². The van der Waals surface area contributed by atoms with E-state index >= 15 is 0 Å². The molecule has 0 aromatic carbocycles. The Morgan fingerprint density at radius 3 is 2.70 bits per heavy atom. The highest BCUT2D eigenvalue weighted by molar-refractivity contribution is 6.04. The Bertz CT molecular complexity index is 761. The van der Waals surface area contributed by atoms with Crippen LogP contribution in [-0.4, -0.2) is 54.4 Å². The third-order valence-corrected chi connectivity index (χ3v) is 5.62. The number of rotatable bonds is 4. The molecule has 0 radical (unpaired) electrons. The first-order chi connectivity index (χ1) is 13.2. The summed E-state index contributed by atoms with van der Waals surface area (Å²) < 4.78 is 5.38. The molecule has 1 aliphatic heterocycles. The van der Waals surface area contributed by atoms with Crippen molar-refractivity contribution in [1.29, 1.82) is 0 Å². The van der Waals surface area contributed by atoms with Gasteiger partial charge in [0.1, 0.15) is 5.82 Å². The van der Waals surface area contributed by atoms with Gasteiger partial charge in [0.05, 0.1) is 25.1 Å². The van der Waals surface area contributed by atoms with Crippen molar-refractivity contribution in [1.82, 2.24) is 15.2 Å². The first-order valence-electron chi connectivity index (χ1n) is 9.84. The second-order valence-electron chi connectivity index (χ2n) is 7.38. The molecule has 1 amide bonds. The molecule has 27 heavy (non-hydrogen) atoms. The van der Waals surface area contributed by atoms with Gasteiger partial charge in [-0.25, -0.2) is 4.98 Å². The van der Waals surface area contributed by atoms with E-state index in [1.54, 1.807) is 18.1 Å². The number of anilines is 2. The molecule has 0 atom stereocenters. The molecule has 0 unspecified atom stereocenters. The van der Waals surface area contributed by atoms with Gasteiger partial charge in [0.2, 0.25) is 0 Å². The van der Waals surface area contributed by atoms with Crippen molar-refractivity contribution in [2.75, 3.05) is 43.2 Å². The van der Waals surface area contributed by atoms with E-state index in [-0.39, 0.29) is 5.91 Å². The van der Waals surface area contributed by atoms with Crippen molar-refractivity contribution in [3.05, 3.63) is 35.8 Å². The number of nitrogens with zero attached hydrogens (tertiary/aromatic N) is 4. The molecule has 2 aliphatic rings. The lowest BCUT2D eigenvalue weighted by Crippen LogP contribution is -2.36. The zero-order valence-corrected chi connectivity index (χ0v) is 15.9. The zero-order valence-electron chi connectivity index (χ0n) is 15.9. The standard InChI is InChI=1S/C20H27N5O2/c1-24(16-7-8-19(21-14-16)25-9-11-27-12-10-25)20(26)18-13-17(22-23-18)15-5-3-2-4-6-15/h7-8,13-15H,2-6,9-12H2,1H3,(H,22,23). The summed E-state index contributed by atoms with van der Waals surface area (Å²) in [7, 11) is 1.77. The van der Waals surface area contributed by atoms with Gasteiger partial charge in [-0.3, -0.25) is 9.89 Å². The molecule has 7 heteroatoms.